The van der Waals surface area contributed by atoms with Crippen LogP contribution in [0.5, 0.6) is 0 Å². The molecule has 0 aliphatic rings. The zero-order valence-corrected chi connectivity index (χ0v) is 7.96. The van der Waals surface area contributed by atoms with Gasteiger partial charge in [0.05, 0.1) is 6.26 Å². The van der Waals surface area contributed by atoms with E-state index < -0.39 is 0 Å². The summed E-state index contributed by atoms with van der Waals surface area (Å²) in [4.78, 5) is 0. The average molecular weight is 193 g/mol. The molecule has 2 N–H and O–H groups in total. The summed E-state index contributed by atoms with van der Waals surface area (Å²) in [6.45, 7) is 1.85. The van der Waals surface area contributed by atoms with Gasteiger partial charge in [-0.2, -0.15) is 0 Å². The van der Waals surface area contributed by atoms with Gasteiger partial charge in [0.15, 0.2) is 0 Å². The summed E-state index contributed by atoms with van der Waals surface area (Å²) in [7, 11) is 0. The standard InChI is InChI=1S/C11H12FNO/c1-7(13)6-9-10(12)3-2-8-4-5-14-11(8)9/h2-5,7H,6,13H2,1H3. The Hall–Kier alpha value is -1.35. The Morgan fingerprint density at radius 3 is 2.93 bits per heavy atom. The van der Waals surface area contributed by atoms with Crippen LogP contribution in [0.4, 0.5) is 4.39 Å². The summed E-state index contributed by atoms with van der Waals surface area (Å²) in [5.41, 5.74) is 6.83. The predicted octanol–water partition coefficient (Wildman–Crippen LogP) is 2.46. The van der Waals surface area contributed by atoms with Crippen molar-refractivity contribution < 1.29 is 8.81 Å². The van der Waals surface area contributed by atoms with Crippen LogP contribution in [-0.2, 0) is 6.42 Å². The molecule has 3 heteroatoms. The molecule has 0 amide bonds. The number of hydrogen-bond donors (Lipinski definition) is 1. The van der Waals surface area contributed by atoms with Gasteiger partial charge in [-0.1, -0.05) is 0 Å². The fourth-order valence-electron chi connectivity index (χ4n) is 1.58. The smallest absolute Gasteiger partial charge is 0.140 e. The van der Waals surface area contributed by atoms with Crippen molar-refractivity contribution >= 4 is 11.0 Å². The van der Waals surface area contributed by atoms with Gasteiger partial charge in [-0.05, 0) is 31.5 Å². The molecule has 2 rings (SSSR count). The van der Waals surface area contributed by atoms with Gasteiger partial charge in [-0.15, -0.1) is 0 Å². The number of halogens is 1. The third-order valence-electron chi connectivity index (χ3n) is 2.19. The lowest BCUT2D eigenvalue weighted by molar-refractivity contribution is 0.571. The number of nitrogens with two attached hydrogens (primary N) is 1. The van der Waals surface area contributed by atoms with Gasteiger partial charge in [0, 0.05) is 17.0 Å². The van der Waals surface area contributed by atoms with Crippen LogP contribution >= 0.6 is 0 Å². The summed E-state index contributed by atoms with van der Waals surface area (Å²) in [6, 6.07) is 4.91. The number of benzene rings is 1. The van der Waals surface area contributed by atoms with Crippen LogP contribution in [0.25, 0.3) is 11.0 Å². The molecule has 1 aromatic carbocycles. The Kier molecular flexibility index (Phi) is 2.25. The van der Waals surface area contributed by atoms with Crippen LogP contribution in [0.2, 0.25) is 0 Å². The van der Waals surface area contributed by atoms with Crippen molar-refractivity contribution in [2.75, 3.05) is 0 Å². The Morgan fingerprint density at radius 1 is 1.43 bits per heavy atom. The van der Waals surface area contributed by atoms with E-state index in [2.05, 4.69) is 0 Å². The zero-order valence-electron chi connectivity index (χ0n) is 7.96. The van der Waals surface area contributed by atoms with Crippen LogP contribution in [-0.4, -0.2) is 6.04 Å². The lowest BCUT2D eigenvalue weighted by Gasteiger charge is -2.06. The number of furan rings is 1. The van der Waals surface area contributed by atoms with E-state index in [-0.39, 0.29) is 11.9 Å². The topological polar surface area (TPSA) is 39.2 Å². The molecule has 1 heterocycles. The minimum atomic E-state index is -0.246. The highest BCUT2D eigenvalue weighted by molar-refractivity contribution is 5.80. The minimum Gasteiger partial charge on any atom is -0.464 e. The first-order valence-electron chi connectivity index (χ1n) is 4.58. The summed E-state index contributed by atoms with van der Waals surface area (Å²) in [5, 5.41) is 0.919. The van der Waals surface area contributed by atoms with Crippen LogP contribution in [0.15, 0.2) is 28.9 Å². The highest BCUT2D eigenvalue weighted by Gasteiger charge is 2.11. The maximum absolute atomic E-state index is 13.4. The van der Waals surface area contributed by atoms with Crippen molar-refractivity contribution in [3.63, 3.8) is 0 Å². The third kappa shape index (κ3) is 1.51. The average Bonchev–Trinajstić information content (AvgIpc) is 2.57. The number of rotatable bonds is 2. The molecule has 2 nitrogen and oxygen atoms in total. The summed E-state index contributed by atoms with van der Waals surface area (Å²) >= 11 is 0. The molecular formula is C11H12FNO. The Bertz CT molecular complexity index is 447. The van der Waals surface area contributed by atoms with Crippen molar-refractivity contribution in [3.05, 3.63) is 35.8 Å². The molecular weight excluding hydrogens is 181 g/mol. The summed E-state index contributed by atoms with van der Waals surface area (Å²) in [6.07, 6.45) is 2.06. The molecule has 74 valence electrons. The van der Waals surface area contributed by atoms with Gasteiger partial charge < -0.3 is 10.2 Å². The maximum Gasteiger partial charge on any atom is 0.140 e. The molecule has 0 fully saturated rings. The molecule has 1 aromatic heterocycles. The summed E-state index contributed by atoms with van der Waals surface area (Å²) < 4.78 is 18.7. The van der Waals surface area contributed by atoms with E-state index in [0.717, 1.165) is 5.39 Å². The Balaban J connectivity index is 2.58. The number of hydrogen-bond acceptors (Lipinski definition) is 2. The molecule has 0 saturated carbocycles. The van der Waals surface area contributed by atoms with E-state index in [1.165, 1.54) is 6.07 Å². The molecule has 14 heavy (non-hydrogen) atoms. The lowest BCUT2D eigenvalue weighted by Crippen LogP contribution is -2.18. The molecule has 1 unspecified atom stereocenters. The van der Waals surface area contributed by atoms with Crippen molar-refractivity contribution in [2.45, 2.75) is 19.4 Å². The van der Waals surface area contributed by atoms with Gasteiger partial charge in [-0.25, -0.2) is 4.39 Å². The van der Waals surface area contributed by atoms with E-state index in [4.69, 9.17) is 10.2 Å². The molecule has 0 aliphatic heterocycles. The van der Waals surface area contributed by atoms with Crippen molar-refractivity contribution in [1.82, 2.24) is 0 Å². The maximum atomic E-state index is 13.4. The molecule has 1 atom stereocenters. The molecule has 0 radical (unpaired) electrons. The van der Waals surface area contributed by atoms with Gasteiger partial charge in [-0.3, -0.25) is 0 Å². The first-order valence-corrected chi connectivity index (χ1v) is 4.58. The molecule has 0 aliphatic carbocycles. The normalized spacial score (nSPS) is 13.4. The van der Waals surface area contributed by atoms with E-state index in [1.807, 2.05) is 13.0 Å². The zero-order chi connectivity index (χ0) is 10.1. The van der Waals surface area contributed by atoms with Crippen LogP contribution in [0.1, 0.15) is 12.5 Å². The highest BCUT2D eigenvalue weighted by Crippen LogP contribution is 2.23. The van der Waals surface area contributed by atoms with Crippen molar-refractivity contribution in [2.24, 2.45) is 5.73 Å². The second kappa shape index (κ2) is 3.42. The highest BCUT2D eigenvalue weighted by atomic mass is 19.1. The molecule has 0 spiro atoms. The van der Waals surface area contributed by atoms with Gasteiger partial charge in [0.25, 0.3) is 0 Å². The molecule has 0 saturated heterocycles. The quantitative estimate of drug-likeness (QED) is 0.795. The van der Waals surface area contributed by atoms with Crippen molar-refractivity contribution in [3.8, 4) is 0 Å². The second-order valence-corrected chi connectivity index (χ2v) is 3.55. The van der Waals surface area contributed by atoms with Crippen molar-refractivity contribution in [1.29, 1.82) is 0 Å². The van der Waals surface area contributed by atoms with Gasteiger partial charge in [0.2, 0.25) is 0 Å². The number of fused-ring (bicyclic) bond motifs is 1. The summed E-state index contributed by atoms with van der Waals surface area (Å²) in [5.74, 6) is -0.246. The van der Waals surface area contributed by atoms with Crippen LogP contribution in [0, 0.1) is 5.82 Å². The van der Waals surface area contributed by atoms with E-state index in [1.54, 1.807) is 12.3 Å². The van der Waals surface area contributed by atoms with E-state index in [0.29, 0.717) is 17.6 Å². The van der Waals surface area contributed by atoms with Gasteiger partial charge in [0.1, 0.15) is 11.4 Å². The largest absolute Gasteiger partial charge is 0.464 e. The fraction of sp³-hybridized carbons (Fsp3) is 0.273. The Morgan fingerprint density at radius 2 is 2.21 bits per heavy atom. The third-order valence-corrected chi connectivity index (χ3v) is 2.19. The monoisotopic (exact) mass is 193 g/mol. The van der Waals surface area contributed by atoms with E-state index >= 15 is 0 Å². The SMILES string of the molecule is CC(N)Cc1c(F)ccc2ccoc12. The molecule has 0 bridgehead atoms. The van der Waals surface area contributed by atoms with Crippen LogP contribution < -0.4 is 5.73 Å². The fourth-order valence-corrected chi connectivity index (χ4v) is 1.58. The minimum absolute atomic E-state index is 0.0693. The second-order valence-electron chi connectivity index (χ2n) is 3.55. The lowest BCUT2D eigenvalue weighted by atomic mass is 10.0. The molecule has 2 aromatic rings. The first-order chi connectivity index (χ1) is 6.68. The first kappa shape index (κ1) is 9.21. The van der Waals surface area contributed by atoms with Crippen LogP contribution in [0.3, 0.4) is 0 Å². The predicted molar refractivity (Wildman–Crippen MR) is 53.5 cm³/mol. The van der Waals surface area contributed by atoms with Gasteiger partial charge >= 0.3 is 0 Å². The van der Waals surface area contributed by atoms with E-state index in [9.17, 15) is 4.39 Å². The Labute approximate surface area is 81.5 Å².